The Morgan fingerprint density at radius 2 is 2.03 bits per heavy atom. The molecule has 9 nitrogen and oxygen atoms in total. The van der Waals surface area contributed by atoms with Gasteiger partial charge in [0.05, 0.1) is 44.9 Å². The number of amides is 2. The van der Waals surface area contributed by atoms with Crippen molar-refractivity contribution in [1.82, 2.24) is 30.0 Å². The second kappa shape index (κ2) is 9.25. The molecule has 2 N–H and O–H groups in total. The van der Waals surface area contributed by atoms with Crippen LogP contribution in [0.25, 0.3) is 21.1 Å². The number of carbonyl (C=O) groups excluding carboxylic acids is 2. The van der Waals surface area contributed by atoms with Crippen molar-refractivity contribution in [1.29, 1.82) is 0 Å². The number of thiazole rings is 1. The summed E-state index contributed by atoms with van der Waals surface area (Å²) >= 11 is 1.77. The Bertz CT molecular complexity index is 1450. The number of likely N-dealkylation sites (N-methyl/N-ethyl adjacent to an activating group) is 1. The molecule has 2 aliphatic rings. The zero-order valence-electron chi connectivity index (χ0n) is 20.4. The lowest BCUT2D eigenvalue weighted by Crippen LogP contribution is -2.46. The van der Waals surface area contributed by atoms with Gasteiger partial charge in [-0.05, 0) is 56.5 Å². The van der Waals surface area contributed by atoms with E-state index in [1.807, 2.05) is 0 Å². The fraction of sp³-hybridized carbons (Fsp3) is 0.423. The molecule has 5 heterocycles. The lowest BCUT2D eigenvalue weighted by molar-refractivity contribution is -0.146. The number of fused-ring (bicyclic) bond motifs is 2. The van der Waals surface area contributed by atoms with Crippen LogP contribution in [0.2, 0.25) is 0 Å². The Balaban J connectivity index is 1.25. The molecular weight excluding hydrogens is 474 g/mol. The number of aromatic nitrogens is 4. The average Bonchev–Trinajstić information content (AvgIpc) is 3.62. The molecular formula is C26H29N7O2S. The van der Waals surface area contributed by atoms with Crippen LogP contribution in [0.15, 0.2) is 36.8 Å². The Hall–Kier alpha value is -3.37. The smallest absolute Gasteiger partial charge is 0.314 e. The molecule has 2 saturated heterocycles. The third kappa shape index (κ3) is 4.24. The van der Waals surface area contributed by atoms with Gasteiger partial charge in [-0.25, -0.2) is 4.98 Å². The largest absolute Gasteiger partial charge is 0.327 e. The first-order valence-electron chi connectivity index (χ1n) is 12.4. The van der Waals surface area contributed by atoms with E-state index in [4.69, 9.17) is 4.98 Å². The molecule has 3 atom stereocenters. The molecule has 0 saturated carbocycles. The highest BCUT2D eigenvalue weighted by atomic mass is 32.1. The van der Waals surface area contributed by atoms with Gasteiger partial charge in [-0.1, -0.05) is 13.0 Å². The van der Waals surface area contributed by atoms with Crippen molar-refractivity contribution in [2.45, 2.75) is 38.1 Å². The number of nitrogens with one attached hydrogen (secondary N) is 2. The Kier molecular flexibility index (Phi) is 5.93. The van der Waals surface area contributed by atoms with Crippen molar-refractivity contribution in [3.8, 4) is 0 Å². The Morgan fingerprint density at radius 3 is 2.86 bits per heavy atom. The maximum absolute atomic E-state index is 13.4. The molecule has 2 fully saturated rings. The number of H-pyrrole nitrogens is 1. The summed E-state index contributed by atoms with van der Waals surface area (Å²) in [5.41, 5.74) is 3.11. The van der Waals surface area contributed by atoms with Crippen molar-refractivity contribution >= 4 is 50.0 Å². The Labute approximate surface area is 212 Å². The lowest BCUT2D eigenvalue weighted by Gasteiger charge is -2.38. The molecule has 2 amide bonds. The summed E-state index contributed by atoms with van der Waals surface area (Å²) in [5.74, 6) is -0.386. The molecule has 3 aromatic heterocycles. The SMILES string of the molecule is C[C@H]1CC[C@H](c2ccc3sc([C@H]4CCN(C)C4)nc3c2)N(C(=O)C(=O)Nc2cncc3cn[nH]c23)C1. The second-order valence-corrected chi connectivity index (χ2v) is 11.2. The average molecular weight is 504 g/mol. The molecule has 36 heavy (non-hydrogen) atoms. The monoisotopic (exact) mass is 503 g/mol. The number of anilines is 1. The summed E-state index contributed by atoms with van der Waals surface area (Å²) in [7, 11) is 2.16. The highest BCUT2D eigenvalue weighted by molar-refractivity contribution is 7.18. The summed E-state index contributed by atoms with van der Waals surface area (Å²) in [4.78, 5) is 39.7. The number of nitrogens with zero attached hydrogens (tertiary/aromatic N) is 5. The topological polar surface area (TPSA) is 107 Å². The van der Waals surface area contributed by atoms with Gasteiger partial charge in [-0.15, -0.1) is 11.3 Å². The Morgan fingerprint density at radius 1 is 1.14 bits per heavy atom. The summed E-state index contributed by atoms with van der Waals surface area (Å²) in [6.45, 7) is 4.82. The van der Waals surface area contributed by atoms with Crippen LogP contribution >= 0.6 is 11.3 Å². The normalized spacial score (nSPS) is 22.9. The first-order chi connectivity index (χ1) is 17.5. The quantitative estimate of drug-likeness (QED) is 0.410. The van der Waals surface area contributed by atoms with E-state index in [-0.39, 0.29) is 6.04 Å². The zero-order valence-corrected chi connectivity index (χ0v) is 21.2. The van der Waals surface area contributed by atoms with Crippen LogP contribution < -0.4 is 5.32 Å². The van der Waals surface area contributed by atoms with E-state index >= 15 is 0 Å². The predicted octanol–water partition coefficient (Wildman–Crippen LogP) is 3.93. The molecule has 0 spiro atoms. The molecule has 0 radical (unpaired) electrons. The van der Waals surface area contributed by atoms with Gasteiger partial charge in [0.25, 0.3) is 0 Å². The van der Waals surface area contributed by atoms with Crippen molar-refractivity contribution in [2.75, 3.05) is 32.0 Å². The van der Waals surface area contributed by atoms with Crippen LogP contribution in [0.1, 0.15) is 48.7 Å². The minimum atomic E-state index is -0.666. The minimum Gasteiger partial charge on any atom is -0.327 e. The van der Waals surface area contributed by atoms with Crippen LogP contribution in [-0.4, -0.2) is 68.5 Å². The first-order valence-corrected chi connectivity index (χ1v) is 13.3. The number of pyridine rings is 1. The van der Waals surface area contributed by atoms with Crippen molar-refractivity contribution in [3.05, 3.63) is 47.4 Å². The third-order valence-corrected chi connectivity index (χ3v) is 8.63. The summed E-state index contributed by atoms with van der Waals surface area (Å²) in [6, 6.07) is 6.17. The fourth-order valence-corrected chi connectivity index (χ4v) is 6.54. The fourth-order valence-electron chi connectivity index (χ4n) is 5.47. The molecule has 0 aliphatic carbocycles. The van der Waals surface area contributed by atoms with E-state index in [1.165, 1.54) is 15.9 Å². The molecule has 4 aromatic rings. The molecule has 0 unspecified atom stereocenters. The molecule has 10 heteroatoms. The number of hydrogen-bond acceptors (Lipinski definition) is 7. The highest BCUT2D eigenvalue weighted by Crippen LogP contribution is 2.37. The van der Waals surface area contributed by atoms with Crippen molar-refractivity contribution in [3.63, 3.8) is 0 Å². The number of carbonyl (C=O) groups is 2. The molecule has 1 aromatic carbocycles. The van der Waals surface area contributed by atoms with Crippen LogP contribution in [0.5, 0.6) is 0 Å². The standard InChI is InChI=1S/C26H29N7O2S/c1-15-3-5-21(16-4-6-22-19(9-16)30-25(36-22)17-7-8-32(2)14-17)33(13-15)26(35)24(34)29-20-12-27-10-18-11-28-31-23(18)20/h4,6,9-12,15,17,21H,3,5,7-8,13-14H2,1-2H3,(H,28,31)(H,29,34)/t15-,17-,21+/m0/s1. The number of piperidine rings is 1. The number of likely N-dealkylation sites (tertiary alicyclic amines) is 2. The van der Waals surface area contributed by atoms with Gasteiger partial charge >= 0.3 is 11.8 Å². The van der Waals surface area contributed by atoms with Gasteiger partial charge in [-0.3, -0.25) is 19.7 Å². The summed E-state index contributed by atoms with van der Waals surface area (Å²) < 4.78 is 1.17. The van der Waals surface area contributed by atoms with E-state index in [0.717, 1.165) is 48.8 Å². The summed E-state index contributed by atoms with van der Waals surface area (Å²) in [5, 5.41) is 11.6. The first kappa shape index (κ1) is 23.1. The van der Waals surface area contributed by atoms with Crippen LogP contribution in [0.3, 0.4) is 0 Å². The van der Waals surface area contributed by atoms with E-state index < -0.39 is 11.8 Å². The van der Waals surface area contributed by atoms with Gasteiger partial charge in [0, 0.05) is 30.6 Å². The number of aromatic amines is 1. The van der Waals surface area contributed by atoms with Gasteiger partial charge in [0.15, 0.2) is 0 Å². The van der Waals surface area contributed by atoms with Crippen LogP contribution in [0.4, 0.5) is 5.69 Å². The van der Waals surface area contributed by atoms with Gasteiger partial charge in [-0.2, -0.15) is 5.10 Å². The van der Waals surface area contributed by atoms with Gasteiger partial charge < -0.3 is 15.1 Å². The van der Waals surface area contributed by atoms with Gasteiger partial charge in [0.1, 0.15) is 0 Å². The number of benzene rings is 1. The lowest BCUT2D eigenvalue weighted by atomic mass is 9.89. The van der Waals surface area contributed by atoms with E-state index in [2.05, 4.69) is 57.6 Å². The zero-order chi connectivity index (χ0) is 24.8. The van der Waals surface area contributed by atoms with Crippen LogP contribution in [0, 0.1) is 5.92 Å². The summed E-state index contributed by atoms with van der Waals surface area (Å²) in [6.07, 6.45) is 7.77. The van der Waals surface area contributed by atoms with E-state index in [9.17, 15) is 9.59 Å². The highest BCUT2D eigenvalue weighted by Gasteiger charge is 2.35. The van der Waals surface area contributed by atoms with Crippen molar-refractivity contribution in [2.24, 2.45) is 5.92 Å². The molecule has 6 rings (SSSR count). The number of rotatable bonds is 3. The molecule has 186 valence electrons. The van der Waals surface area contributed by atoms with E-state index in [1.54, 1.807) is 28.6 Å². The van der Waals surface area contributed by atoms with Crippen molar-refractivity contribution < 1.29 is 9.59 Å². The second-order valence-electron chi connectivity index (χ2n) is 10.2. The third-order valence-electron chi connectivity index (χ3n) is 7.43. The van der Waals surface area contributed by atoms with Crippen LogP contribution in [-0.2, 0) is 9.59 Å². The minimum absolute atomic E-state index is 0.160. The maximum atomic E-state index is 13.4. The number of hydrogen-bond donors (Lipinski definition) is 2. The van der Waals surface area contributed by atoms with E-state index in [0.29, 0.717) is 29.6 Å². The predicted molar refractivity (Wildman–Crippen MR) is 140 cm³/mol. The van der Waals surface area contributed by atoms with Gasteiger partial charge in [0.2, 0.25) is 0 Å². The maximum Gasteiger partial charge on any atom is 0.314 e. The molecule has 2 aliphatic heterocycles. The molecule has 0 bridgehead atoms.